The van der Waals surface area contributed by atoms with Crippen LogP contribution < -0.4 is 0 Å². The normalized spacial score (nSPS) is 18.9. The Morgan fingerprint density at radius 2 is 2.44 bits per heavy atom. The Morgan fingerprint density at radius 1 is 1.56 bits per heavy atom. The Balaban J connectivity index is 1.82. The van der Waals surface area contributed by atoms with Crippen molar-refractivity contribution in [3.05, 3.63) is 21.9 Å². The second-order valence-corrected chi connectivity index (χ2v) is 5.73. The SMILES string of the molecule is CN(Cc1ccc(C#CCO)s1)CC1CCCO1. The number of aliphatic hydroxyl groups is 1. The number of likely N-dealkylation sites (N-methyl/N-ethyl adjacent to an activating group) is 1. The largest absolute Gasteiger partial charge is 0.384 e. The second-order valence-electron chi connectivity index (χ2n) is 4.56. The summed E-state index contributed by atoms with van der Waals surface area (Å²) in [7, 11) is 2.13. The molecule has 2 heterocycles. The van der Waals surface area contributed by atoms with Crippen LogP contribution in [0.25, 0.3) is 0 Å². The van der Waals surface area contributed by atoms with Crippen molar-refractivity contribution < 1.29 is 9.84 Å². The molecular formula is C14H19NO2S. The number of ether oxygens (including phenoxy) is 1. The van der Waals surface area contributed by atoms with E-state index in [2.05, 4.69) is 29.9 Å². The van der Waals surface area contributed by atoms with Gasteiger partial charge in [0.25, 0.3) is 0 Å². The number of rotatable bonds is 4. The van der Waals surface area contributed by atoms with E-state index in [0.717, 1.165) is 24.6 Å². The quantitative estimate of drug-likeness (QED) is 0.841. The van der Waals surface area contributed by atoms with Gasteiger partial charge in [0.15, 0.2) is 0 Å². The molecule has 0 saturated carbocycles. The van der Waals surface area contributed by atoms with Crippen molar-refractivity contribution in [2.45, 2.75) is 25.5 Å². The van der Waals surface area contributed by atoms with E-state index in [1.807, 2.05) is 6.07 Å². The first-order chi connectivity index (χ1) is 8.78. The number of hydrogen-bond acceptors (Lipinski definition) is 4. The summed E-state index contributed by atoms with van der Waals surface area (Å²) in [6.45, 7) is 2.77. The molecule has 18 heavy (non-hydrogen) atoms. The summed E-state index contributed by atoms with van der Waals surface area (Å²) in [6.07, 6.45) is 2.78. The lowest BCUT2D eigenvalue weighted by atomic mass is 10.2. The molecule has 0 aliphatic carbocycles. The lowest BCUT2D eigenvalue weighted by molar-refractivity contribution is 0.0796. The Labute approximate surface area is 112 Å². The monoisotopic (exact) mass is 265 g/mol. The van der Waals surface area contributed by atoms with Crippen LogP contribution in [-0.2, 0) is 11.3 Å². The summed E-state index contributed by atoms with van der Waals surface area (Å²) in [6, 6.07) is 4.13. The lowest BCUT2D eigenvalue weighted by Gasteiger charge is -2.19. The maximum absolute atomic E-state index is 8.65. The van der Waals surface area contributed by atoms with E-state index < -0.39 is 0 Å². The number of nitrogens with zero attached hydrogens (tertiary/aromatic N) is 1. The molecule has 0 bridgehead atoms. The van der Waals surface area contributed by atoms with Gasteiger partial charge in [-0.2, -0.15) is 0 Å². The van der Waals surface area contributed by atoms with E-state index in [4.69, 9.17) is 9.84 Å². The van der Waals surface area contributed by atoms with Gasteiger partial charge in [-0.25, -0.2) is 0 Å². The van der Waals surface area contributed by atoms with Gasteiger partial charge in [0.1, 0.15) is 6.61 Å². The fourth-order valence-corrected chi connectivity index (χ4v) is 3.09. The van der Waals surface area contributed by atoms with Crippen LogP contribution in [0, 0.1) is 11.8 Å². The van der Waals surface area contributed by atoms with Gasteiger partial charge < -0.3 is 9.84 Å². The van der Waals surface area contributed by atoms with E-state index in [-0.39, 0.29) is 6.61 Å². The Hall–Kier alpha value is -0.860. The molecule has 0 spiro atoms. The van der Waals surface area contributed by atoms with Gasteiger partial charge in [-0.3, -0.25) is 4.90 Å². The predicted octanol–water partition coefficient (Wildman–Crippen LogP) is 1.70. The van der Waals surface area contributed by atoms with Gasteiger partial charge in [0.2, 0.25) is 0 Å². The van der Waals surface area contributed by atoms with Crippen LogP contribution >= 0.6 is 11.3 Å². The molecule has 1 aromatic rings. The molecule has 4 heteroatoms. The molecule has 1 aliphatic heterocycles. The first-order valence-electron chi connectivity index (χ1n) is 6.26. The zero-order chi connectivity index (χ0) is 12.8. The molecule has 0 radical (unpaired) electrons. The van der Waals surface area contributed by atoms with Crippen molar-refractivity contribution in [1.82, 2.24) is 4.90 Å². The highest BCUT2D eigenvalue weighted by molar-refractivity contribution is 7.12. The summed E-state index contributed by atoms with van der Waals surface area (Å²) in [5, 5.41) is 8.65. The molecule has 1 N–H and O–H groups in total. The van der Waals surface area contributed by atoms with E-state index in [1.165, 1.54) is 17.7 Å². The highest BCUT2D eigenvalue weighted by Gasteiger charge is 2.17. The summed E-state index contributed by atoms with van der Waals surface area (Å²) in [4.78, 5) is 4.62. The van der Waals surface area contributed by atoms with Crippen molar-refractivity contribution in [3.8, 4) is 11.8 Å². The predicted molar refractivity (Wildman–Crippen MR) is 73.6 cm³/mol. The molecule has 1 saturated heterocycles. The summed E-state index contributed by atoms with van der Waals surface area (Å²) >= 11 is 1.69. The van der Waals surface area contributed by atoms with Crippen LogP contribution in [-0.4, -0.2) is 42.9 Å². The second kappa shape index (κ2) is 6.91. The van der Waals surface area contributed by atoms with Crippen molar-refractivity contribution >= 4 is 11.3 Å². The Bertz CT molecular complexity index is 426. The van der Waals surface area contributed by atoms with Crippen molar-refractivity contribution in [1.29, 1.82) is 0 Å². The van der Waals surface area contributed by atoms with Crippen molar-refractivity contribution in [2.24, 2.45) is 0 Å². The van der Waals surface area contributed by atoms with Crippen LogP contribution in [0.5, 0.6) is 0 Å². The van der Waals surface area contributed by atoms with Gasteiger partial charge in [-0.05, 0) is 32.0 Å². The highest BCUT2D eigenvalue weighted by atomic mass is 32.1. The Morgan fingerprint density at radius 3 is 3.17 bits per heavy atom. The molecule has 2 rings (SSSR count). The molecule has 0 amide bonds. The van der Waals surface area contributed by atoms with Gasteiger partial charge in [0.05, 0.1) is 11.0 Å². The van der Waals surface area contributed by atoms with E-state index in [0.29, 0.717) is 6.10 Å². The third-order valence-electron chi connectivity index (χ3n) is 2.92. The molecule has 1 fully saturated rings. The molecule has 0 aromatic carbocycles. The highest BCUT2D eigenvalue weighted by Crippen LogP contribution is 2.18. The summed E-state index contributed by atoms with van der Waals surface area (Å²) < 4.78 is 5.63. The Kier molecular flexibility index (Phi) is 5.21. The van der Waals surface area contributed by atoms with Crippen LogP contribution in [0.15, 0.2) is 12.1 Å². The fraction of sp³-hybridized carbons (Fsp3) is 0.571. The van der Waals surface area contributed by atoms with Crippen LogP contribution in [0.4, 0.5) is 0 Å². The van der Waals surface area contributed by atoms with Gasteiger partial charge in [-0.15, -0.1) is 11.3 Å². The molecule has 1 aromatic heterocycles. The average molecular weight is 265 g/mol. The molecule has 1 unspecified atom stereocenters. The van der Waals surface area contributed by atoms with Crippen molar-refractivity contribution in [2.75, 3.05) is 26.8 Å². The molecule has 1 aliphatic rings. The third kappa shape index (κ3) is 4.11. The number of hydrogen-bond donors (Lipinski definition) is 1. The minimum Gasteiger partial charge on any atom is -0.384 e. The summed E-state index contributed by atoms with van der Waals surface area (Å²) in [5.74, 6) is 5.61. The first kappa shape index (κ1) is 13.6. The van der Waals surface area contributed by atoms with E-state index in [9.17, 15) is 0 Å². The fourth-order valence-electron chi connectivity index (χ4n) is 2.12. The minimum absolute atomic E-state index is 0.0772. The topological polar surface area (TPSA) is 32.7 Å². The minimum atomic E-state index is -0.0772. The van der Waals surface area contributed by atoms with Gasteiger partial charge in [-0.1, -0.05) is 11.8 Å². The van der Waals surface area contributed by atoms with Crippen LogP contribution in [0.3, 0.4) is 0 Å². The molecule has 3 nitrogen and oxygen atoms in total. The van der Waals surface area contributed by atoms with E-state index >= 15 is 0 Å². The number of thiophene rings is 1. The molecular weight excluding hydrogens is 246 g/mol. The zero-order valence-electron chi connectivity index (χ0n) is 10.7. The summed E-state index contributed by atoms with van der Waals surface area (Å²) in [5.41, 5.74) is 0. The third-order valence-corrected chi connectivity index (χ3v) is 3.90. The maximum atomic E-state index is 8.65. The van der Waals surface area contributed by atoms with Gasteiger partial charge in [0, 0.05) is 24.6 Å². The molecule has 98 valence electrons. The lowest BCUT2D eigenvalue weighted by Crippen LogP contribution is -2.27. The maximum Gasteiger partial charge on any atom is 0.104 e. The average Bonchev–Trinajstić information content (AvgIpc) is 2.98. The number of aliphatic hydroxyl groups excluding tert-OH is 1. The van der Waals surface area contributed by atoms with Crippen molar-refractivity contribution in [3.63, 3.8) is 0 Å². The standard InChI is InChI=1S/C14H19NO2S/c1-15(10-12-4-3-9-17-12)11-14-7-6-13(18-14)5-2-8-16/h6-7,12,16H,3-4,8-11H2,1H3. The smallest absolute Gasteiger partial charge is 0.104 e. The van der Waals surface area contributed by atoms with Crippen LogP contribution in [0.2, 0.25) is 0 Å². The first-order valence-corrected chi connectivity index (χ1v) is 7.08. The zero-order valence-corrected chi connectivity index (χ0v) is 11.5. The molecule has 1 atom stereocenters. The van der Waals surface area contributed by atoms with E-state index in [1.54, 1.807) is 11.3 Å². The van der Waals surface area contributed by atoms with Crippen LogP contribution in [0.1, 0.15) is 22.6 Å². The van der Waals surface area contributed by atoms with Gasteiger partial charge >= 0.3 is 0 Å².